The van der Waals surface area contributed by atoms with Crippen LogP contribution >= 0.6 is 0 Å². The fourth-order valence-electron chi connectivity index (χ4n) is 2.40. The molecule has 8 heteroatoms. The minimum atomic E-state index is -1.18. The largest absolute Gasteiger partial charge is 0.388 e. The number of amides is 1. The van der Waals surface area contributed by atoms with E-state index < -0.39 is 30.4 Å². The number of aliphatic hydroxyl groups excluding tert-OH is 2. The molecule has 1 saturated heterocycles. The minimum Gasteiger partial charge on any atom is -0.388 e. The maximum absolute atomic E-state index is 11.0. The average Bonchev–Trinajstić information content (AvgIpc) is 3.09. The third kappa shape index (κ3) is 2.71. The molecular formula is C14H15N4O4. The van der Waals surface area contributed by atoms with E-state index >= 15 is 0 Å². The van der Waals surface area contributed by atoms with Crippen LogP contribution in [0.5, 0.6) is 0 Å². The number of rotatable bonds is 4. The van der Waals surface area contributed by atoms with E-state index in [2.05, 4.69) is 16.1 Å². The van der Waals surface area contributed by atoms with Crippen molar-refractivity contribution in [2.75, 3.05) is 0 Å². The molecule has 115 valence electrons. The van der Waals surface area contributed by atoms with Gasteiger partial charge in [0.1, 0.15) is 18.5 Å². The normalized spacial score (nSPS) is 27.9. The summed E-state index contributed by atoms with van der Waals surface area (Å²) in [5.74, 6) is -0.952. The lowest BCUT2D eigenvalue weighted by Gasteiger charge is -2.14. The molecule has 1 aromatic heterocycles. The first-order valence-corrected chi connectivity index (χ1v) is 6.74. The monoisotopic (exact) mass is 303 g/mol. The Balaban J connectivity index is 1.75. The van der Waals surface area contributed by atoms with Gasteiger partial charge < -0.3 is 20.7 Å². The molecule has 0 spiro atoms. The summed E-state index contributed by atoms with van der Waals surface area (Å²) in [5, 5.41) is 24.1. The van der Waals surface area contributed by atoms with Gasteiger partial charge in [0.2, 0.25) is 5.82 Å². The molecule has 22 heavy (non-hydrogen) atoms. The lowest BCUT2D eigenvalue weighted by atomic mass is 10.0. The second kappa shape index (κ2) is 5.84. The number of hydrogen-bond acceptors (Lipinski definition) is 6. The second-order valence-electron chi connectivity index (χ2n) is 5.05. The van der Waals surface area contributed by atoms with Crippen molar-refractivity contribution in [2.24, 2.45) is 5.73 Å². The molecule has 0 saturated carbocycles. The standard InChI is InChI=1S/C14H15N4O4/c15-12(21)13-16-7-18(17-13)14-11(20)10(19)9(22-14)6-8-4-2-1-3-5-8/h1-4,7,9-11,14,19-20H,6H2,(H2,15,21)/t9-,10-,11-,14-/m1/s1. The number of hydrogen-bond donors (Lipinski definition) is 3. The van der Waals surface area contributed by atoms with Crippen molar-refractivity contribution in [2.45, 2.75) is 31.0 Å². The summed E-state index contributed by atoms with van der Waals surface area (Å²) in [7, 11) is 0. The van der Waals surface area contributed by atoms with E-state index in [-0.39, 0.29) is 5.82 Å². The third-order valence-electron chi connectivity index (χ3n) is 3.52. The lowest BCUT2D eigenvalue weighted by Crippen LogP contribution is -2.32. The van der Waals surface area contributed by atoms with Gasteiger partial charge in [-0.25, -0.2) is 9.67 Å². The van der Waals surface area contributed by atoms with Gasteiger partial charge in [-0.15, -0.1) is 5.10 Å². The Bertz CT molecular complexity index is 660. The van der Waals surface area contributed by atoms with Crippen molar-refractivity contribution in [1.82, 2.24) is 14.8 Å². The van der Waals surface area contributed by atoms with Crippen LogP contribution in [0.3, 0.4) is 0 Å². The van der Waals surface area contributed by atoms with Crippen molar-refractivity contribution < 1.29 is 19.7 Å². The number of carbonyl (C=O) groups excluding carboxylic acids is 1. The summed E-state index contributed by atoms with van der Waals surface area (Å²) >= 11 is 0. The number of nitrogens with two attached hydrogens (primary N) is 1. The number of ether oxygens (including phenoxy) is 1. The van der Waals surface area contributed by atoms with Crippen molar-refractivity contribution in [1.29, 1.82) is 0 Å². The molecule has 1 aliphatic heterocycles. The Labute approximate surface area is 126 Å². The molecule has 0 unspecified atom stereocenters. The zero-order valence-corrected chi connectivity index (χ0v) is 11.5. The average molecular weight is 303 g/mol. The number of benzene rings is 1. The molecular weight excluding hydrogens is 288 g/mol. The molecule has 1 aliphatic rings. The van der Waals surface area contributed by atoms with Gasteiger partial charge in [-0.1, -0.05) is 24.3 Å². The molecule has 4 atom stereocenters. The highest BCUT2D eigenvalue weighted by Crippen LogP contribution is 2.30. The van der Waals surface area contributed by atoms with Crippen LogP contribution < -0.4 is 5.73 Å². The predicted molar refractivity (Wildman–Crippen MR) is 73.4 cm³/mol. The summed E-state index contributed by atoms with van der Waals surface area (Å²) in [4.78, 5) is 14.7. The maximum atomic E-state index is 11.0. The van der Waals surface area contributed by atoms with E-state index in [0.717, 1.165) is 5.56 Å². The molecule has 1 radical (unpaired) electrons. The first kappa shape index (κ1) is 14.6. The third-order valence-corrected chi connectivity index (χ3v) is 3.52. The maximum Gasteiger partial charge on any atom is 0.288 e. The molecule has 3 rings (SSSR count). The zero-order chi connectivity index (χ0) is 15.7. The molecule has 0 aliphatic carbocycles. The molecule has 8 nitrogen and oxygen atoms in total. The van der Waals surface area contributed by atoms with Crippen LogP contribution in [-0.2, 0) is 11.2 Å². The van der Waals surface area contributed by atoms with Crippen molar-refractivity contribution in [3.63, 3.8) is 0 Å². The predicted octanol–water partition coefficient (Wildman–Crippen LogP) is -0.961. The first-order chi connectivity index (χ1) is 10.6. The van der Waals surface area contributed by atoms with Crippen LogP contribution in [-0.4, -0.2) is 49.2 Å². The smallest absolute Gasteiger partial charge is 0.288 e. The fourth-order valence-corrected chi connectivity index (χ4v) is 2.40. The van der Waals surface area contributed by atoms with E-state index in [9.17, 15) is 15.0 Å². The number of nitrogens with zero attached hydrogens (tertiary/aromatic N) is 3. The lowest BCUT2D eigenvalue weighted by molar-refractivity contribution is -0.0442. The summed E-state index contributed by atoms with van der Waals surface area (Å²) in [6, 6.07) is 10.4. The van der Waals surface area contributed by atoms with E-state index in [1.807, 2.05) is 18.2 Å². The summed E-state index contributed by atoms with van der Waals surface area (Å²) < 4.78 is 6.84. The molecule has 1 amide bonds. The van der Waals surface area contributed by atoms with Gasteiger partial charge in [-0.2, -0.15) is 0 Å². The van der Waals surface area contributed by atoms with Gasteiger partial charge in [0, 0.05) is 6.42 Å². The Morgan fingerprint density at radius 1 is 1.41 bits per heavy atom. The van der Waals surface area contributed by atoms with Gasteiger partial charge in [-0.05, 0) is 11.6 Å². The Hall–Kier alpha value is -2.29. The first-order valence-electron chi connectivity index (χ1n) is 6.74. The second-order valence-corrected chi connectivity index (χ2v) is 5.05. The number of carbonyl (C=O) groups is 1. The number of aliphatic hydroxyl groups is 2. The van der Waals surface area contributed by atoms with Gasteiger partial charge in [-0.3, -0.25) is 4.79 Å². The summed E-state index contributed by atoms with van der Waals surface area (Å²) in [6.07, 6.45) is -2.18. The van der Waals surface area contributed by atoms with Crippen LogP contribution in [0.1, 0.15) is 22.4 Å². The van der Waals surface area contributed by atoms with Crippen LogP contribution in [0, 0.1) is 6.07 Å². The van der Waals surface area contributed by atoms with Crippen LogP contribution in [0.25, 0.3) is 0 Å². The topological polar surface area (TPSA) is 123 Å². The molecule has 2 heterocycles. The van der Waals surface area contributed by atoms with E-state index in [0.29, 0.717) is 6.42 Å². The summed E-state index contributed by atoms with van der Waals surface area (Å²) in [6.45, 7) is 0. The number of aromatic nitrogens is 3. The van der Waals surface area contributed by atoms with Crippen LogP contribution in [0.4, 0.5) is 0 Å². The van der Waals surface area contributed by atoms with Crippen LogP contribution in [0.15, 0.2) is 30.6 Å². The molecule has 4 N–H and O–H groups in total. The van der Waals surface area contributed by atoms with Gasteiger partial charge >= 0.3 is 0 Å². The minimum absolute atomic E-state index is 0.176. The van der Waals surface area contributed by atoms with Gasteiger partial charge in [0.25, 0.3) is 5.91 Å². The summed E-state index contributed by atoms with van der Waals surface area (Å²) in [5.41, 5.74) is 5.94. The highest BCUT2D eigenvalue weighted by molar-refractivity contribution is 5.88. The van der Waals surface area contributed by atoms with Gasteiger partial charge in [0.15, 0.2) is 6.23 Å². The van der Waals surface area contributed by atoms with Crippen molar-refractivity contribution in [3.05, 3.63) is 48.0 Å². The zero-order valence-electron chi connectivity index (χ0n) is 11.5. The Morgan fingerprint density at radius 3 is 2.86 bits per heavy atom. The molecule has 1 aromatic carbocycles. The van der Waals surface area contributed by atoms with E-state index in [4.69, 9.17) is 10.5 Å². The Kier molecular flexibility index (Phi) is 3.88. The number of primary amides is 1. The highest BCUT2D eigenvalue weighted by atomic mass is 16.6. The fraction of sp³-hybridized carbons (Fsp3) is 0.357. The Morgan fingerprint density at radius 2 is 2.23 bits per heavy atom. The van der Waals surface area contributed by atoms with E-state index in [1.54, 1.807) is 6.07 Å². The quantitative estimate of drug-likeness (QED) is 0.668. The molecule has 1 fully saturated rings. The highest BCUT2D eigenvalue weighted by Gasteiger charge is 2.44. The van der Waals surface area contributed by atoms with Crippen molar-refractivity contribution >= 4 is 5.91 Å². The molecule has 2 aromatic rings. The van der Waals surface area contributed by atoms with Crippen molar-refractivity contribution in [3.8, 4) is 0 Å². The van der Waals surface area contributed by atoms with E-state index in [1.165, 1.54) is 11.0 Å². The molecule has 0 bridgehead atoms. The van der Waals surface area contributed by atoms with Crippen LogP contribution in [0.2, 0.25) is 0 Å². The van der Waals surface area contributed by atoms with Gasteiger partial charge in [0.05, 0.1) is 6.10 Å². The SMILES string of the molecule is NC(=O)c1ncn([C@@H]2O[C@H](Cc3[c]cccc3)[C@@H](O)[C@H]2O)n1.